The Labute approximate surface area is 122 Å². The van der Waals surface area contributed by atoms with Gasteiger partial charge in [-0.3, -0.25) is 14.3 Å². The van der Waals surface area contributed by atoms with Crippen LogP contribution in [0.4, 0.5) is 5.69 Å². The largest absolute Gasteiger partial charge is 0.299 e. The lowest BCUT2D eigenvalue weighted by molar-refractivity contribution is -0.119. The molecule has 5 nitrogen and oxygen atoms in total. The third-order valence-electron chi connectivity index (χ3n) is 2.94. The number of ketones is 2. The van der Waals surface area contributed by atoms with E-state index in [1.165, 1.54) is 18.2 Å². The molecule has 0 bridgehead atoms. The van der Waals surface area contributed by atoms with Gasteiger partial charge in [-0.05, 0) is 31.0 Å². The number of anilines is 1. The lowest BCUT2D eigenvalue weighted by Crippen LogP contribution is -2.12. The Balaban J connectivity index is 2.12. The van der Waals surface area contributed by atoms with Gasteiger partial charge in [0.15, 0.2) is 5.78 Å². The molecule has 0 saturated heterocycles. The van der Waals surface area contributed by atoms with Crippen LogP contribution >= 0.6 is 11.6 Å². The molecule has 1 saturated carbocycles. The highest BCUT2D eigenvalue weighted by Gasteiger charge is 2.31. The van der Waals surface area contributed by atoms with Gasteiger partial charge in [-0.25, -0.2) is 8.42 Å². The highest BCUT2D eigenvalue weighted by molar-refractivity contribution is 7.92. The molecule has 0 atom stereocenters. The molecule has 1 aliphatic carbocycles. The number of sulfonamides is 1. The minimum atomic E-state index is -3.40. The van der Waals surface area contributed by atoms with E-state index in [0.29, 0.717) is 0 Å². The zero-order valence-electron chi connectivity index (χ0n) is 10.8. The molecule has 1 N–H and O–H groups in total. The van der Waals surface area contributed by atoms with Crippen molar-refractivity contribution in [1.29, 1.82) is 0 Å². The minimum absolute atomic E-state index is 0.0314. The summed E-state index contributed by atoms with van der Waals surface area (Å²) in [5.74, 6) is -0.355. The maximum absolute atomic E-state index is 12.0. The number of hydrogen-bond donors (Lipinski definition) is 1. The molecular formula is C13H14ClNO4S. The molecule has 0 aliphatic heterocycles. The van der Waals surface area contributed by atoms with Crippen LogP contribution in [0.5, 0.6) is 0 Å². The van der Waals surface area contributed by atoms with Crippen LogP contribution in [0.1, 0.15) is 29.6 Å². The Morgan fingerprint density at radius 2 is 2.00 bits per heavy atom. The smallest absolute Gasteiger partial charge is 0.229 e. The van der Waals surface area contributed by atoms with Crippen LogP contribution in [0, 0.1) is 5.92 Å². The fourth-order valence-corrected chi connectivity index (χ4v) is 2.66. The molecular weight excluding hydrogens is 302 g/mol. The van der Waals surface area contributed by atoms with Crippen molar-refractivity contribution in [2.45, 2.75) is 19.3 Å². The van der Waals surface area contributed by atoms with Gasteiger partial charge in [0.2, 0.25) is 10.0 Å². The van der Waals surface area contributed by atoms with Gasteiger partial charge in [-0.2, -0.15) is 0 Å². The van der Waals surface area contributed by atoms with E-state index in [2.05, 4.69) is 4.72 Å². The first-order valence-corrected chi connectivity index (χ1v) is 8.36. The molecule has 1 fully saturated rings. The topological polar surface area (TPSA) is 80.3 Å². The molecule has 0 amide bonds. The monoisotopic (exact) mass is 315 g/mol. The zero-order valence-corrected chi connectivity index (χ0v) is 12.4. The van der Waals surface area contributed by atoms with Crippen molar-refractivity contribution in [1.82, 2.24) is 0 Å². The van der Waals surface area contributed by atoms with Crippen molar-refractivity contribution in [3.8, 4) is 0 Å². The first-order valence-electron chi connectivity index (χ1n) is 6.09. The second kappa shape index (κ2) is 5.54. The van der Waals surface area contributed by atoms with Gasteiger partial charge < -0.3 is 0 Å². The van der Waals surface area contributed by atoms with Gasteiger partial charge in [0, 0.05) is 17.2 Å². The lowest BCUT2D eigenvalue weighted by Gasteiger charge is -2.07. The number of benzene rings is 1. The van der Waals surface area contributed by atoms with Crippen molar-refractivity contribution in [3.05, 3.63) is 28.8 Å². The number of nitrogens with one attached hydrogen (secondary N) is 1. The van der Waals surface area contributed by atoms with E-state index in [9.17, 15) is 18.0 Å². The predicted molar refractivity (Wildman–Crippen MR) is 76.6 cm³/mol. The van der Waals surface area contributed by atoms with Crippen LogP contribution in [-0.2, 0) is 14.8 Å². The molecule has 1 aromatic carbocycles. The van der Waals surface area contributed by atoms with E-state index in [0.717, 1.165) is 19.1 Å². The Kier molecular flexibility index (Phi) is 4.15. The van der Waals surface area contributed by atoms with Crippen molar-refractivity contribution >= 4 is 38.9 Å². The van der Waals surface area contributed by atoms with Crippen LogP contribution < -0.4 is 4.72 Å². The standard InChI is InChI=1S/C13H14ClNO4S/c1-20(18,19)15-9-4-5-10(11(14)6-9)13(17)7-12(16)8-2-3-8/h4-6,8,15H,2-3,7H2,1H3. The van der Waals surface area contributed by atoms with E-state index in [-0.39, 0.29) is 40.2 Å². The molecule has 2 rings (SSSR count). The molecule has 7 heteroatoms. The van der Waals surface area contributed by atoms with Crippen molar-refractivity contribution in [3.63, 3.8) is 0 Å². The third-order valence-corrected chi connectivity index (χ3v) is 3.86. The summed E-state index contributed by atoms with van der Waals surface area (Å²) in [6.07, 6.45) is 2.59. The molecule has 1 aromatic rings. The number of carbonyl (C=O) groups excluding carboxylic acids is 2. The maximum Gasteiger partial charge on any atom is 0.229 e. The van der Waals surface area contributed by atoms with Crippen molar-refractivity contribution < 1.29 is 18.0 Å². The van der Waals surface area contributed by atoms with Crippen LogP contribution in [0.2, 0.25) is 5.02 Å². The third kappa shape index (κ3) is 4.05. The van der Waals surface area contributed by atoms with E-state index in [4.69, 9.17) is 11.6 Å². The summed E-state index contributed by atoms with van der Waals surface area (Å²) in [6, 6.07) is 4.23. The van der Waals surface area contributed by atoms with Gasteiger partial charge in [-0.1, -0.05) is 11.6 Å². The van der Waals surface area contributed by atoms with E-state index in [1.54, 1.807) is 0 Å². The Morgan fingerprint density at radius 1 is 1.35 bits per heavy atom. The number of Topliss-reactive ketones (excluding diaryl/α,β-unsaturated/α-hetero) is 2. The van der Waals surface area contributed by atoms with E-state index in [1.807, 2.05) is 0 Å². The van der Waals surface area contributed by atoms with Crippen LogP contribution in [0.3, 0.4) is 0 Å². The number of carbonyl (C=O) groups is 2. The highest BCUT2D eigenvalue weighted by Crippen LogP contribution is 2.32. The Hall–Kier alpha value is -1.40. The second-order valence-corrected chi connectivity index (χ2v) is 7.07. The van der Waals surface area contributed by atoms with Gasteiger partial charge in [0.25, 0.3) is 0 Å². The van der Waals surface area contributed by atoms with Crippen LogP contribution in [-0.4, -0.2) is 26.2 Å². The number of halogens is 1. The summed E-state index contributed by atoms with van der Waals surface area (Å²) in [5.41, 5.74) is 0.516. The van der Waals surface area contributed by atoms with Crippen LogP contribution in [0.25, 0.3) is 0 Å². The Morgan fingerprint density at radius 3 is 2.50 bits per heavy atom. The fourth-order valence-electron chi connectivity index (χ4n) is 1.82. The number of hydrogen-bond acceptors (Lipinski definition) is 4. The first kappa shape index (κ1) is 15.0. The summed E-state index contributed by atoms with van der Waals surface area (Å²) in [5, 5.41) is 0.132. The summed E-state index contributed by atoms with van der Waals surface area (Å²) in [7, 11) is -3.40. The minimum Gasteiger partial charge on any atom is -0.299 e. The maximum atomic E-state index is 12.0. The lowest BCUT2D eigenvalue weighted by atomic mass is 10.0. The predicted octanol–water partition coefficient (Wildman–Crippen LogP) is 2.26. The average Bonchev–Trinajstić information content (AvgIpc) is 3.09. The number of rotatable bonds is 6. The molecule has 0 unspecified atom stereocenters. The van der Waals surface area contributed by atoms with Crippen molar-refractivity contribution in [2.75, 3.05) is 11.0 Å². The molecule has 0 aromatic heterocycles. The summed E-state index contributed by atoms with van der Waals surface area (Å²) in [4.78, 5) is 23.6. The van der Waals surface area contributed by atoms with Gasteiger partial charge in [-0.15, -0.1) is 0 Å². The quantitative estimate of drug-likeness (QED) is 0.645. The zero-order chi connectivity index (χ0) is 14.9. The van der Waals surface area contributed by atoms with Gasteiger partial charge in [0.05, 0.1) is 17.7 Å². The first-order chi connectivity index (χ1) is 9.26. The van der Waals surface area contributed by atoms with E-state index >= 15 is 0 Å². The van der Waals surface area contributed by atoms with Crippen molar-refractivity contribution in [2.24, 2.45) is 5.92 Å². The fraction of sp³-hybridized carbons (Fsp3) is 0.385. The normalized spacial score (nSPS) is 14.9. The molecule has 0 radical (unpaired) electrons. The molecule has 0 heterocycles. The van der Waals surface area contributed by atoms with Gasteiger partial charge >= 0.3 is 0 Å². The molecule has 1 aliphatic rings. The summed E-state index contributed by atoms with van der Waals surface area (Å²) < 4.78 is 24.5. The molecule has 20 heavy (non-hydrogen) atoms. The molecule has 0 spiro atoms. The second-order valence-electron chi connectivity index (χ2n) is 4.91. The summed E-state index contributed by atoms with van der Waals surface area (Å²) in [6.45, 7) is 0. The highest BCUT2D eigenvalue weighted by atomic mass is 35.5. The Bertz CT molecular complexity index is 665. The van der Waals surface area contributed by atoms with Gasteiger partial charge in [0.1, 0.15) is 5.78 Å². The van der Waals surface area contributed by atoms with E-state index < -0.39 is 10.0 Å². The summed E-state index contributed by atoms with van der Waals surface area (Å²) >= 11 is 5.96. The van der Waals surface area contributed by atoms with Crippen LogP contribution in [0.15, 0.2) is 18.2 Å². The average molecular weight is 316 g/mol. The molecule has 108 valence electrons. The SMILES string of the molecule is CS(=O)(=O)Nc1ccc(C(=O)CC(=O)C2CC2)c(Cl)c1.